The molecule has 0 bridgehead atoms. The highest BCUT2D eigenvalue weighted by Crippen LogP contribution is 2.35. The summed E-state index contributed by atoms with van der Waals surface area (Å²) in [5, 5.41) is 4.12. The molecule has 0 aliphatic carbocycles. The van der Waals surface area contributed by atoms with Crippen LogP contribution in [0.2, 0.25) is 10.0 Å². The summed E-state index contributed by atoms with van der Waals surface area (Å²) < 4.78 is 5.94. The van der Waals surface area contributed by atoms with Gasteiger partial charge in [0.05, 0.1) is 20.5 Å². The van der Waals surface area contributed by atoms with Crippen LogP contribution in [-0.4, -0.2) is 13.7 Å². The number of hydrogen-bond acceptors (Lipinski definition) is 2. The minimum atomic E-state index is 0.486. The third-order valence-electron chi connectivity index (χ3n) is 1.76. The molecule has 0 atom stereocenters. The van der Waals surface area contributed by atoms with Gasteiger partial charge in [-0.25, -0.2) is 0 Å². The molecule has 1 rings (SSSR count). The van der Waals surface area contributed by atoms with Crippen LogP contribution >= 0.6 is 55.1 Å². The first-order valence-electron chi connectivity index (χ1n) is 4.32. The third-order valence-corrected chi connectivity index (χ3v) is 2.97. The highest BCUT2D eigenvalue weighted by atomic mass is 79.9. The third kappa shape index (κ3) is 4.17. The van der Waals surface area contributed by atoms with E-state index in [1.165, 1.54) is 7.11 Å². The Morgan fingerprint density at radius 2 is 1.94 bits per heavy atom. The molecule has 0 aromatic heterocycles. The van der Waals surface area contributed by atoms with Crippen molar-refractivity contribution in [3.05, 3.63) is 31.6 Å². The Hall–Kier alpha value is 0.1000. The SMILES string of the molecule is COc1c(Cl)cc(NCC=C(Br)Br)cc1Cl. The van der Waals surface area contributed by atoms with Crippen molar-refractivity contribution in [2.45, 2.75) is 0 Å². The Labute approximate surface area is 121 Å². The summed E-state index contributed by atoms with van der Waals surface area (Å²) in [5.41, 5.74) is 0.841. The molecule has 0 fully saturated rings. The second-order valence-electron chi connectivity index (χ2n) is 2.85. The summed E-state index contributed by atoms with van der Waals surface area (Å²) in [6.45, 7) is 0.658. The topological polar surface area (TPSA) is 21.3 Å². The molecule has 1 N–H and O–H groups in total. The number of nitrogens with one attached hydrogen (secondary N) is 1. The number of hydrogen-bond donors (Lipinski definition) is 1. The lowest BCUT2D eigenvalue weighted by atomic mass is 10.3. The predicted molar refractivity (Wildman–Crippen MR) is 77.4 cm³/mol. The van der Waals surface area contributed by atoms with Crippen LogP contribution in [-0.2, 0) is 0 Å². The molecule has 1 aromatic carbocycles. The van der Waals surface area contributed by atoms with E-state index in [0.717, 1.165) is 9.08 Å². The standard InChI is InChI=1S/C10H9Br2Cl2NO/c1-16-10-7(13)4-6(5-8(10)14)15-3-2-9(11)12/h2,4-5,15H,3H2,1H3. The van der Waals surface area contributed by atoms with Crippen molar-refractivity contribution in [1.29, 1.82) is 0 Å². The number of rotatable bonds is 4. The second kappa shape index (κ2) is 6.74. The van der Waals surface area contributed by atoms with Gasteiger partial charge in [0, 0.05) is 12.2 Å². The molecule has 16 heavy (non-hydrogen) atoms. The number of ether oxygens (including phenoxy) is 1. The molecule has 0 aliphatic heterocycles. The fraction of sp³-hybridized carbons (Fsp3) is 0.200. The predicted octanol–water partition coefficient (Wildman–Crippen LogP) is 5.05. The van der Waals surface area contributed by atoms with Crippen LogP contribution in [0, 0.1) is 0 Å². The van der Waals surface area contributed by atoms with Crippen LogP contribution in [0.15, 0.2) is 21.6 Å². The summed E-state index contributed by atoms with van der Waals surface area (Å²) in [6, 6.07) is 3.53. The van der Waals surface area contributed by atoms with Crippen molar-refractivity contribution in [2.75, 3.05) is 19.0 Å². The molecule has 0 spiro atoms. The summed E-state index contributed by atoms with van der Waals surface area (Å²) >= 11 is 18.5. The highest BCUT2D eigenvalue weighted by Gasteiger charge is 2.07. The molecular formula is C10H9Br2Cl2NO. The lowest BCUT2D eigenvalue weighted by Crippen LogP contribution is -1.98. The Bertz CT molecular complexity index is 383. The average Bonchev–Trinajstić information content (AvgIpc) is 2.16. The van der Waals surface area contributed by atoms with E-state index in [2.05, 4.69) is 37.2 Å². The molecule has 0 aliphatic rings. The zero-order chi connectivity index (χ0) is 12.1. The molecule has 0 heterocycles. The van der Waals surface area contributed by atoms with E-state index in [9.17, 15) is 0 Å². The fourth-order valence-corrected chi connectivity index (χ4v) is 2.07. The number of anilines is 1. The molecule has 1 aromatic rings. The van der Waals surface area contributed by atoms with Gasteiger partial charge in [-0.05, 0) is 50.1 Å². The average molecular weight is 390 g/mol. The maximum atomic E-state index is 5.99. The summed E-state index contributed by atoms with van der Waals surface area (Å²) in [5.74, 6) is 0.492. The van der Waals surface area contributed by atoms with Gasteiger partial charge < -0.3 is 10.1 Å². The lowest BCUT2D eigenvalue weighted by Gasteiger charge is -2.09. The van der Waals surface area contributed by atoms with Crippen LogP contribution in [0.4, 0.5) is 5.69 Å². The molecule has 88 valence electrons. The van der Waals surface area contributed by atoms with E-state index in [-0.39, 0.29) is 0 Å². The van der Waals surface area contributed by atoms with Gasteiger partial charge in [-0.3, -0.25) is 0 Å². The number of benzene rings is 1. The smallest absolute Gasteiger partial charge is 0.156 e. The summed E-state index contributed by atoms with van der Waals surface area (Å²) in [4.78, 5) is 0. The van der Waals surface area contributed by atoms with E-state index < -0.39 is 0 Å². The van der Waals surface area contributed by atoms with Gasteiger partial charge in [0.15, 0.2) is 5.75 Å². The first kappa shape index (κ1) is 14.2. The van der Waals surface area contributed by atoms with Gasteiger partial charge >= 0.3 is 0 Å². The zero-order valence-corrected chi connectivity index (χ0v) is 13.0. The van der Waals surface area contributed by atoms with Crippen LogP contribution in [0.3, 0.4) is 0 Å². The van der Waals surface area contributed by atoms with E-state index >= 15 is 0 Å². The quantitative estimate of drug-likeness (QED) is 0.778. The molecular weight excluding hydrogens is 381 g/mol. The molecule has 2 nitrogen and oxygen atoms in total. The maximum Gasteiger partial charge on any atom is 0.156 e. The Kier molecular flexibility index (Phi) is 5.97. The van der Waals surface area contributed by atoms with Crippen LogP contribution in [0.25, 0.3) is 0 Å². The van der Waals surface area contributed by atoms with Crippen molar-refractivity contribution in [2.24, 2.45) is 0 Å². The van der Waals surface area contributed by atoms with Crippen LogP contribution in [0.1, 0.15) is 0 Å². The van der Waals surface area contributed by atoms with Gasteiger partial charge in [-0.1, -0.05) is 23.2 Å². The number of halogens is 4. The minimum absolute atomic E-state index is 0.486. The van der Waals surface area contributed by atoms with Crippen LogP contribution < -0.4 is 10.1 Å². The van der Waals surface area contributed by atoms with E-state index in [4.69, 9.17) is 27.9 Å². The second-order valence-corrected chi connectivity index (χ2v) is 6.44. The first-order chi connectivity index (χ1) is 7.54. The van der Waals surface area contributed by atoms with Crippen molar-refractivity contribution < 1.29 is 4.74 Å². The number of methoxy groups -OCH3 is 1. The Balaban J connectivity index is 2.80. The van der Waals surface area contributed by atoms with E-state index in [0.29, 0.717) is 22.3 Å². The van der Waals surface area contributed by atoms with Gasteiger partial charge in [-0.15, -0.1) is 0 Å². The van der Waals surface area contributed by atoms with Crippen LogP contribution in [0.5, 0.6) is 5.75 Å². The van der Waals surface area contributed by atoms with Gasteiger partial charge in [0.25, 0.3) is 0 Å². The van der Waals surface area contributed by atoms with Gasteiger partial charge in [0.2, 0.25) is 0 Å². The van der Waals surface area contributed by atoms with Crippen molar-refractivity contribution in [3.8, 4) is 5.75 Å². The minimum Gasteiger partial charge on any atom is -0.494 e. The summed E-state index contributed by atoms with van der Waals surface area (Å²) in [6.07, 6.45) is 1.92. The van der Waals surface area contributed by atoms with E-state index in [1.54, 1.807) is 12.1 Å². The fourth-order valence-electron chi connectivity index (χ4n) is 1.10. The summed E-state index contributed by atoms with van der Waals surface area (Å²) in [7, 11) is 1.53. The first-order valence-corrected chi connectivity index (χ1v) is 6.67. The van der Waals surface area contributed by atoms with Gasteiger partial charge in [0.1, 0.15) is 0 Å². The Morgan fingerprint density at radius 1 is 1.38 bits per heavy atom. The normalized spacial score (nSPS) is 9.81. The monoisotopic (exact) mass is 387 g/mol. The molecule has 0 saturated carbocycles. The van der Waals surface area contributed by atoms with Crippen molar-refractivity contribution in [3.63, 3.8) is 0 Å². The maximum absolute atomic E-state index is 5.99. The van der Waals surface area contributed by atoms with Crippen molar-refractivity contribution in [1.82, 2.24) is 0 Å². The zero-order valence-electron chi connectivity index (χ0n) is 8.36. The van der Waals surface area contributed by atoms with Crippen molar-refractivity contribution >= 4 is 60.7 Å². The molecule has 0 radical (unpaired) electrons. The van der Waals surface area contributed by atoms with Gasteiger partial charge in [-0.2, -0.15) is 0 Å². The van der Waals surface area contributed by atoms with E-state index in [1.807, 2.05) is 6.08 Å². The highest BCUT2D eigenvalue weighted by molar-refractivity contribution is 9.28. The largest absolute Gasteiger partial charge is 0.494 e. The molecule has 0 unspecified atom stereocenters. The molecule has 0 amide bonds. The molecule has 0 saturated heterocycles. The lowest BCUT2D eigenvalue weighted by molar-refractivity contribution is 0.415. The molecule has 6 heteroatoms. The Morgan fingerprint density at radius 3 is 2.38 bits per heavy atom.